The number of aliphatic hydroxyl groups excluding tert-OH is 1. The molecule has 0 spiro atoms. The minimum atomic E-state index is -0.518. The molecule has 1 aromatic rings. The molecule has 0 amide bonds. The summed E-state index contributed by atoms with van der Waals surface area (Å²) in [5, 5.41) is 23.3. The molecule has 92 valence electrons. The van der Waals surface area contributed by atoms with Gasteiger partial charge in [0.15, 0.2) is 0 Å². The Labute approximate surface area is 103 Å². The summed E-state index contributed by atoms with van der Waals surface area (Å²) in [4.78, 5) is 14.2. The Hall–Kier alpha value is -1.40. The summed E-state index contributed by atoms with van der Waals surface area (Å²) in [7, 11) is 0. The van der Waals surface area contributed by atoms with Crippen LogP contribution in [-0.4, -0.2) is 27.2 Å². The maximum Gasteiger partial charge on any atom is 0.311 e. The molecule has 1 saturated carbocycles. The quantitative estimate of drug-likeness (QED) is 0.489. The number of anilines is 1. The summed E-state index contributed by atoms with van der Waals surface area (Å²) in [6.45, 7) is -0.0711. The van der Waals surface area contributed by atoms with Crippen LogP contribution in [0, 0.1) is 10.1 Å². The van der Waals surface area contributed by atoms with Crippen LogP contribution in [0.25, 0.3) is 0 Å². The van der Waals surface area contributed by atoms with E-state index in [4.69, 9.17) is 11.6 Å². The molecule has 0 aromatic carbocycles. The summed E-state index contributed by atoms with van der Waals surface area (Å²) in [6.07, 6.45) is 2.53. The van der Waals surface area contributed by atoms with Gasteiger partial charge in [-0.2, -0.15) is 0 Å². The molecule has 0 bridgehead atoms. The third-order valence-electron chi connectivity index (χ3n) is 3.03. The summed E-state index contributed by atoms with van der Waals surface area (Å²) >= 11 is 5.72. The zero-order valence-corrected chi connectivity index (χ0v) is 9.78. The number of hydrogen-bond acceptors (Lipinski definition) is 5. The lowest BCUT2D eigenvalue weighted by atomic mass is 9.77. The number of halogens is 1. The number of nitro groups is 1. The van der Waals surface area contributed by atoms with Crippen LogP contribution in [0.1, 0.15) is 19.3 Å². The topological polar surface area (TPSA) is 88.3 Å². The molecule has 7 heteroatoms. The number of aromatic nitrogens is 1. The molecule has 0 radical (unpaired) electrons. The van der Waals surface area contributed by atoms with Crippen LogP contribution < -0.4 is 5.32 Å². The highest BCUT2D eigenvalue weighted by Gasteiger charge is 2.38. The van der Waals surface area contributed by atoms with Gasteiger partial charge in [-0.1, -0.05) is 11.6 Å². The molecule has 2 N–H and O–H groups in total. The first-order valence-electron chi connectivity index (χ1n) is 5.26. The highest BCUT2D eigenvalue weighted by molar-refractivity contribution is 6.29. The molecule has 0 saturated heterocycles. The van der Waals surface area contributed by atoms with E-state index in [9.17, 15) is 15.2 Å². The predicted octanol–water partition coefficient (Wildman–Crippen LogP) is 1.97. The fourth-order valence-corrected chi connectivity index (χ4v) is 1.99. The van der Waals surface area contributed by atoms with E-state index in [1.807, 2.05) is 0 Å². The highest BCUT2D eigenvalue weighted by Crippen LogP contribution is 2.37. The molecule has 1 aromatic heterocycles. The van der Waals surface area contributed by atoms with Crippen LogP contribution >= 0.6 is 11.6 Å². The number of aliphatic hydroxyl groups is 1. The third-order valence-corrected chi connectivity index (χ3v) is 3.24. The Balaban J connectivity index is 2.30. The first kappa shape index (κ1) is 12.1. The van der Waals surface area contributed by atoms with Gasteiger partial charge in [-0.25, -0.2) is 4.98 Å². The standard InChI is InChI=1S/C10H12ClN3O3/c11-8-3-2-7(14(16)17)9(12-8)13-10(6-15)4-1-5-10/h2-3,15H,1,4-6H2,(H,12,13). The lowest BCUT2D eigenvalue weighted by Gasteiger charge is -2.41. The fraction of sp³-hybridized carbons (Fsp3) is 0.500. The van der Waals surface area contributed by atoms with Crippen molar-refractivity contribution < 1.29 is 10.0 Å². The SMILES string of the molecule is O=[N+]([O-])c1ccc(Cl)nc1NC1(CO)CCC1. The number of nitrogens with zero attached hydrogens (tertiary/aromatic N) is 2. The van der Waals surface area contributed by atoms with E-state index in [-0.39, 0.29) is 23.3 Å². The Bertz CT molecular complexity index is 443. The zero-order valence-electron chi connectivity index (χ0n) is 9.02. The van der Waals surface area contributed by atoms with Gasteiger partial charge in [-0.3, -0.25) is 10.1 Å². The Morgan fingerprint density at radius 2 is 2.29 bits per heavy atom. The molecule has 0 unspecified atom stereocenters. The molecular weight excluding hydrogens is 246 g/mol. The van der Waals surface area contributed by atoms with Gasteiger partial charge in [-0.15, -0.1) is 0 Å². The van der Waals surface area contributed by atoms with Crippen LogP contribution in [0.3, 0.4) is 0 Å². The van der Waals surface area contributed by atoms with Crippen LogP contribution in [-0.2, 0) is 0 Å². The van der Waals surface area contributed by atoms with E-state index in [0.29, 0.717) is 0 Å². The Morgan fingerprint density at radius 1 is 1.59 bits per heavy atom. The maximum absolute atomic E-state index is 10.8. The first-order chi connectivity index (χ1) is 8.06. The lowest BCUT2D eigenvalue weighted by Crippen LogP contribution is -2.48. The minimum absolute atomic E-state index is 0.0711. The van der Waals surface area contributed by atoms with Crippen LogP contribution in [0.15, 0.2) is 12.1 Å². The zero-order chi connectivity index (χ0) is 12.5. The molecular formula is C10H12ClN3O3. The van der Waals surface area contributed by atoms with E-state index in [1.54, 1.807) is 0 Å². The number of hydrogen-bond donors (Lipinski definition) is 2. The minimum Gasteiger partial charge on any atom is -0.394 e. The van der Waals surface area contributed by atoms with Crippen molar-refractivity contribution in [1.29, 1.82) is 0 Å². The van der Waals surface area contributed by atoms with Gasteiger partial charge >= 0.3 is 5.69 Å². The van der Waals surface area contributed by atoms with Crippen molar-refractivity contribution in [1.82, 2.24) is 4.98 Å². The van der Waals surface area contributed by atoms with Crippen LogP contribution in [0.2, 0.25) is 5.15 Å². The molecule has 0 atom stereocenters. The normalized spacial score (nSPS) is 17.3. The second-order valence-electron chi connectivity index (χ2n) is 4.18. The average Bonchev–Trinajstić information content (AvgIpc) is 2.23. The van der Waals surface area contributed by atoms with Crippen molar-refractivity contribution in [3.63, 3.8) is 0 Å². The maximum atomic E-state index is 10.8. The van der Waals surface area contributed by atoms with Crippen LogP contribution in [0.4, 0.5) is 11.5 Å². The summed E-state index contributed by atoms with van der Waals surface area (Å²) < 4.78 is 0. The molecule has 6 nitrogen and oxygen atoms in total. The predicted molar refractivity (Wildman–Crippen MR) is 63.2 cm³/mol. The van der Waals surface area contributed by atoms with Gasteiger partial charge in [0.25, 0.3) is 0 Å². The van der Waals surface area contributed by atoms with Crippen molar-refractivity contribution in [2.45, 2.75) is 24.8 Å². The third kappa shape index (κ3) is 2.32. The number of nitrogens with one attached hydrogen (secondary N) is 1. The van der Waals surface area contributed by atoms with Gasteiger partial charge in [-0.05, 0) is 25.3 Å². The fourth-order valence-electron chi connectivity index (χ4n) is 1.84. The van der Waals surface area contributed by atoms with E-state index < -0.39 is 10.5 Å². The van der Waals surface area contributed by atoms with Gasteiger partial charge in [0.1, 0.15) is 5.15 Å². The summed E-state index contributed by atoms with van der Waals surface area (Å²) in [6, 6.07) is 2.68. The molecule has 2 rings (SSSR count). The van der Waals surface area contributed by atoms with Gasteiger partial charge < -0.3 is 10.4 Å². The van der Waals surface area contributed by atoms with Crippen molar-refractivity contribution >= 4 is 23.1 Å². The van der Waals surface area contributed by atoms with E-state index in [0.717, 1.165) is 19.3 Å². The van der Waals surface area contributed by atoms with Gasteiger partial charge in [0.05, 0.1) is 17.1 Å². The Morgan fingerprint density at radius 3 is 2.76 bits per heavy atom. The largest absolute Gasteiger partial charge is 0.394 e. The molecule has 1 aliphatic rings. The van der Waals surface area contributed by atoms with Crippen molar-refractivity contribution in [3.05, 3.63) is 27.4 Å². The summed E-state index contributed by atoms with van der Waals surface area (Å²) in [5.74, 6) is 0.122. The second kappa shape index (κ2) is 4.46. The van der Waals surface area contributed by atoms with E-state index in [1.165, 1.54) is 12.1 Å². The summed E-state index contributed by atoms with van der Waals surface area (Å²) in [5.41, 5.74) is -0.614. The lowest BCUT2D eigenvalue weighted by molar-refractivity contribution is -0.384. The highest BCUT2D eigenvalue weighted by atomic mass is 35.5. The number of pyridine rings is 1. The molecule has 1 aliphatic carbocycles. The second-order valence-corrected chi connectivity index (χ2v) is 4.56. The molecule has 1 heterocycles. The smallest absolute Gasteiger partial charge is 0.311 e. The number of rotatable bonds is 4. The van der Waals surface area contributed by atoms with Gasteiger partial charge in [0.2, 0.25) is 5.82 Å². The van der Waals surface area contributed by atoms with E-state index in [2.05, 4.69) is 10.3 Å². The Kier molecular flexibility index (Phi) is 3.17. The molecule has 17 heavy (non-hydrogen) atoms. The van der Waals surface area contributed by atoms with Crippen LogP contribution in [0.5, 0.6) is 0 Å². The molecule has 0 aliphatic heterocycles. The van der Waals surface area contributed by atoms with Crippen molar-refractivity contribution in [3.8, 4) is 0 Å². The van der Waals surface area contributed by atoms with Gasteiger partial charge in [0, 0.05) is 6.07 Å². The average molecular weight is 258 g/mol. The van der Waals surface area contributed by atoms with Crippen molar-refractivity contribution in [2.75, 3.05) is 11.9 Å². The van der Waals surface area contributed by atoms with E-state index >= 15 is 0 Å². The van der Waals surface area contributed by atoms with Crippen molar-refractivity contribution in [2.24, 2.45) is 0 Å². The molecule has 1 fully saturated rings. The first-order valence-corrected chi connectivity index (χ1v) is 5.64. The monoisotopic (exact) mass is 257 g/mol.